The van der Waals surface area contributed by atoms with Gasteiger partial charge in [-0.15, -0.1) is 0 Å². The lowest BCUT2D eigenvalue weighted by molar-refractivity contribution is 0.0181. The molecule has 0 spiro atoms. The van der Waals surface area contributed by atoms with Gasteiger partial charge in [0.05, 0.1) is 11.6 Å². The zero-order chi connectivity index (χ0) is 16.5. The molecule has 126 valence electrons. The third-order valence-corrected chi connectivity index (χ3v) is 5.82. The second-order valence-corrected chi connectivity index (χ2v) is 7.32. The molecule has 0 aromatic heterocycles. The first kappa shape index (κ1) is 15.5. The maximum Gasteiger partial charge on any atom is 0.411 e. The predicted molar refractivity (Wildman–Crippen MR) is 90.5 cm³/mol. The lowest BCUT2D eigenvalue weighted by Gasteiger charge is -2.43. The number of nitrogens with one attached hydrogen (secondary N) is 1. The second-order valence-electron chi connectivity index (χ2n) is 7.32. The van der Waals surface area contributed by atoms with Gasteiger partial charge in [0.1, 0.15) is 6.10 Å². The first-order valence-corrected chi connectivity index (χ1v) is 8.95. The van der Waals surface area contributed by atoms with Crippen LogP contribution in [0.15, 0.2) is 24.3 Å². The standard InChI is InChI=1S/C19H23N3O2/c20-11-13-4-6-15(7-5-13)21-19(23)24-18-10-14-9-16(18)17-3-1-2-8-22(17)12-14/h4-7,14,16-18H,1-3,8-10,12H2,(H,21,23)/t14-,16-,17-,18-/m1/s1. The molecule has 1 aromatic rings. The van der Waals surface area contributed by atoms with E-state index in [1.54, 1.807) is 24.3 Å². The summed E-state index contributed by atoms with van der Waals surface area (Å²) in [6.45, 7) is 2.39. The fraction of sp³-hybridized carbons (Fsp3) is 0.579. The van der Waals surface area contributed by atoms with Crippen LogP contribution in [0.3, 0.4) is 0 Å². The van der Waals surface area contributed by atoms with Gasteiger partial charge in [-0.3, -0.25) is 10.2 Å². The monoisotopic (exact) mass is 325 g/mol. The summed E-state index contributed by atoms with van der Waals surface area (Å²) in [5.74, 6) is 1.17. The number of rotatable bonds is 2. The van der Waals surface area contributed by atoms with Gasteiger partial charge in [-0.2, -0.15) is 5.26 Å². The number of anilines is 1. The van der Waals surface area contributed by atoms with Crippen LogP contribution >= 0.6 is 0 Å². The summed E-state index contributed by atoms with van der Waals surface area (Å²) in [6.07, 6.45) is 5.72. The number of fused-ring (bicyclic) bond motifs is 4. The van der Waals surface area contributed by atoms with Gasteiger partial charge < -0.3 is 4.74 Å². The van der Waals surface area contributed by atoms with Crippen molar-refractivity contribution in [1.82, 2.24) is 4.90 Å². The van der Waals surface area contributed by atoms with Crippen molar-refractivity contribution >= 4 is 11.8 Å². The molecule has 2 heterocycles. The van der Waals surface area contributed by atoms with Gasteiger partial charge in [-0.25, -0.2) is 4.79 Å². The molecule has 0 unspecified atom stereocenters. The van der Waals surface area contributed by atoms with Crippen LogP contribution in [-0.2, 0) is 4.74 Å². The van der Waals surface area contributed by atoms with E-state index in [1.165, 1.54) is 38.8 Å². The molecule has 2 aliphatic heterocycles. The van der Waals surface area contributed by atoms with Gasteiger partial charge in [0, 0.05) is 24.2 Å². The van der Waals surface area contributed by atoms with Gasteiger partial charge in [-0.05, 0) is 62.4 Å². The molecule has 4 atom stereocenters. The van der Waals surface area contributed by atoms with Crippen LogP contribution in [0.4, 0.5) is 10.5 Å². The topological polar surface area (TPSA) is 65.4 Å². The number of amides is 1. The largest absolute Gasteiger partial charge is 0.446 e. The molecular weight excluding hydrogens is 302 g/mol. The summed E-state index contributed by atoms with van der Waals surface area (Å²) in [5, 5.41) is 11.6. The quantitative estimate of drug-likeness (QED) is 0.905. The smallest absolute Gasteiger partial charge is 0.411 e. The summed E-state index contributed by atoms with van der Waals surface area (Å²) in [5.41, 5.74) is 1.25. The van der Waals surface area contributed by atoms with Gasteiger partial charge in [0.2, 0.25) is 0 Å². The number of nitrogens with zero attached hydrogens (tertiary/aromatic N) is 2. The van der Waals surface area contributed by atoms with Gasteiger partial charge in [0.15, 0.2) is 0 Å². The first-order valence-electron chi connectivity index (χ1n) is 8.95. The van der Waals surface area contributed by atoms with Gasteiger partial charge in [0.25, 0.3) is 0 Å². The Morgan fingerprint density at radius 2 is 2.08 bits per heavy atom. The van der Waals surface area contributed by atoms with Crippen LogP contribution in [0.5, 0.6) is 0 Å². The second kappa shape index (κ2) is 6.45. The molecule has 1 saturated carbocycles. The summed E-state index contributed by atoms with van der Waals surface area (Å²) in [7, 11) is 0. The average molecular weight is 325 g/mol. The van der Waals surface area contributed by atoms with Crippen LogP contribution in [0.1, 0.15) is 37.7 Å². The van der Waals surface area contributed by atoms with Crippen LogP contribution in [0, 0.1) is 23.2 Å². The Balaban J connectivity index is 1.38. The van der Waals surface area contributed by atoms with Crippen LogP contribution in [0.2, 0.25) is 0 Å². The van der Waals surface area contributed by atoms with Crippen molar-refractivity contribution in [2.24, 2.45) is 11.8 Å². The van der Waals surface area contributed by atoms with Crippen molar-refractivity contribution in [2.75, 3.05) is 18.4 Å². The third-order valence-electron chi connectivity index (χ3n) is 5.82. The first-order chi connectivity index (χ1) is 11.7. The molecular formula is C19H23N3O2. The summed E-state index contributed by atoms with van der Waals surface area (Å²) < 4.78 is 5.79. The highest BCUT2D eigenvalue weighted by Gasteiger charge is 2.48. The van der Waals surface area contributed by atoms with Crippen molar-refractivity contribution in [2.45, 2.75) is 44.2 Å². The Kier molecular flexibility index (Phi) is 4.15. The van der Waals surface area contributed by atoms with Crippen molar-refractivity contribution in [3.05, 3.63) is 29.8 Å². The highest BCUT2D eigenvalue weighted by Crippen LogP contribution is 2.45. The van der Waals surface area contributed by atoms with E-state index in [0.717, 1.165) is 6.42 Å². The molecule has 5 heteroatoms. The van der Waals surface area contributed by atoms with Crippen LogP contribution < -0.4 is 5.32 Å². The van der Waals surface area contributed by atoms with Crippen LogP contribution in [0.25, 0.3) is 0 Å². The minimum absolute atomic E-state index is 0.0430. The number of hydrogen-bond donors (Lipinski definition) is 1. The Morgan fingerprint density at radius 1 is 1.25 bits per heavy atom. The SMILES string of the molecule is N#Cc1ccc(NC(=O)O[C@@H]2C[C@H]3C[C@@H]2[C@H]2CCCCN2C3)cc1. The van der Waals surface area contributed by atoms with Gasteiger partial charge >= 0.3 is 6.09 Å². The highest BCUT2D eigenvalue weighted by molar-refractivity contribution is 5.84. The maximum absolute atomic E-state index is 12.3. The van der Waals surface area contributed by atoms with Crippen molar-refractivity contribution < 1.29 is 9.53 Å². The minimum Gasteiger partial charge on any atom is -0.446 e. The molecule has 3 fully saturated rings. The Morgan fingerprint density at radius 3 is 2.88 bits per heavy atom. The Labute approximate surface area is 142 Å². The fourth-order valence-electron chi connectivity index (χ4n) is 4.80. The molecule has 1 aliphatic carbocycles. The molecule has 1 N–H and O–H groups in total. The van der Waals surface area contributed by atoms with E-state index in [9.17, 15) is 4.79 Å². The molecule has 4 rings (SSSR count). The number of benzene rings is 1. The zero-order valence-corrected chi connectivity index (χ0v) is 13.8. The number of carbonyl (C=O) groups excluding carboxylic acids is 1. The van der Waals surface area contributed by atoms with Crippen LogP contribution in [-0.4, -0.2) is 36.2 Å². The number of hydrogen-bond acceptors (Lipinski definition) is 4. The molecule has 3 aliphatic rings. The molecule has 1 amide bonds. The van der Waals surface area contributed by atoms with Gasteiger partial charge in [-0.1, -0.05) is 6.42 Å². The molecule has 5 nitrogen and oxygen atoms in total. The zero-order valence-electron chi connectivity index (χ0n) is 13.8. The Hall–Kier alpha value is -2.06. The minimum atomic E-state index is -0.375. The van der Waals surface area contributed by atoms with E-state index in [-0.39, 0.29) is 12.2 Å². The summed E-state index contributed by atoms with van der Waals surface area (Å²) >= 11 is 0. The third kappa shape index (κ3) is 2.99. The fourth-order valence-corrected chi connectivity index (χ4v) is 4.80. The predicted octanol–water partition coefficient (Wildman–Crippen LogP) is 3.37. The van der Waals surface area contributed by atoms with E-state index in [2.05, 4.69) is 16.3 Å². The molecule has 0 radical (unpaired) electrons. The van der Waals surface area contributed by atoms with E-state index in [4.69, 9.17) is 10.00 Å². The van der Waals surface area contributed by atoms with E-state index < -0.39 is 0 Å². The number of piperidine rings is 2. The maximum atomic E-state index is 12.3. The lowest BCUT2D eigenvalue weighted by atomic mass is 9.84. The van der Waals surface area contributed by atoms with E-state index >= 15 is 0 Å². The molecule has 2 saturated heterocycles. The van der Waals surface area contributed by atoms with Crippen molar-refractivity contribution in [3.63, 3.8) is 0 Å². The average Bonchev–Trinajstić information content (AvgIpc) is 2.92. The number of nitriles is 1. The Bertz CT molecular complexity index is 652. The summed E-state index contributed by atoms with van der Waals surface area (Å²) in [6, 6.07) is 9.52. The highest BCUT2D eigenvalue weighted by atomic mass is 16.6. The molecule has 24 heavy (non-hydrogen) atoms. The van der Waals surface area contributed by atoms with E-state index in [1.807, 2.05) is 0 Å². The molecule has 2 bridgehead atoms. The van der Waals surface area contributed by atoms with Crippen molar-refractivity contribution in [3.8, 4) is 6.07 Å². The summed E-state index contributed by atoms with van der Waals surface area (Å²) in [4.78, 5) is 14.9. The normalized spacial score (nSPS) is 31.8. The number of ether oxygens (including phenoxy) is 1. The van der Waals surface area contributed by atoms with Crippen molar-refractivity contribution in [1.29, 1.82) is 5.26 Å². The number of carbonyl (C=O) groups is 1. The van der Waals surface area contributed by atoms with E-state index in [0.29, 0.717) is 29.1 Å². The molecule has 1 aromatic carbocycles. The lowest BCUT2D eigenvalue weighted by Crippen LogP contribution is -2.49.